The molecular formula is C11H16N2O10P2. The fraction of sp³-hybridized carbons (Fsp3) is 0.455. The molecule has 0 aromatic carbocycles. The third kappa shape index (κ3) is 5.30. The van der Waals surface area contributed by atoms with E-state index in [9.17, 15) is 23.6 Å². The molecule has 0 aliphatic carbocycles. The topological polar surface area (TPSA) is 177 Å². The number of aromatic amines is 1. The maximum Gasteiger partial charge on any atom is 0.481 e. The number of phosphoric acid groups is 2. The zero-order valence-electron chi connectivity index (χ0n) is 13.1. The van der Waals surface area contributed by atoms with E-state index < -0.39 is 45.3 Å². The van der Waals surface area contributed by atoms with E-state index in [-0.39, 0.29) is 5.56 Å². The summed E-state index contributed by atoms with van der Waals surface area (Å²) in [5.41, 5.74) is -2.26. The molecule has 0 radical (unpaired) electrons. The van der Waals surface area contributed by atoms with Gasteiger partial charge in [-0.05, 0) is 19.9 Å². The van der Waals surface area contributed by atoms with E-state index >= 15 is 0 Å². The Morgan fingerprint density at radius 3 is 2.60 bits per heavy atom. The summed E-state index contributed by atoms with van der Waals surface area (Å²) in [6.07, 6.45) is 3.25. The van der Waals surface area contributed by atoms with Gasteiger partial charge in [-0.1, -0.05) is 6.08 Å². The van der Waals surface area contributed by atoms with Gasteiger partial charge in [0, 0.05) is 11.8 Å². The molecule has 2 rings (SSSR count). The smallest absolute Gasteiger partial charge is 0.342 e. The van der Waals surface area contributed by atoms with Gasteiger partial charge in [0.2, 0.25) is 0 Å². The highest BCUT2D eigenvalue weighted by Crippen LogP contribution is 2.58. The van der Waals surface area contributed by atoms with Crippen LogP contribution in [0.3, 0.4) is 0 Å². The van der Waals surface area contributed by atoms with Crippen LogP contribution in [0.5, 0.6) is 0 Å². The highest BCUT2D eigenvalue weighted by Gasteiger charge is 2.38. The van der Waals surface area contributed by atoms with Crippen molar-refractivity contribution < 1.29 is 37.4 Å². The van der Waals surface area contributed by atoms with E-state index in [0.29, 0.717) is 0 Å². The Kier molecular flexibility index (Phi) is 5.39. The van der Waals surface area contributed by atoms with Crippen molar-refractivity contribution in [2.45, 2.75) is 25.7 Å². The molecular weight excluding hydrogens is 382 g/mol. The van der Waals surface area contributed by atoms with Gasteiger partial charge in [0.25, 0.3) is 5.56 Å². The first-order valence-corrected chi connectivity index (χ1v) is 9.76. The molecule has 1 aromatic rings. The van der Waals surface area contributed by atoms with Crippen LogP contribution in [0.2, 0.25) is 0 Å². The standard InChI is InChI=1S/C11H16N2O10P2/c1-7-5-13(10(15)12-9(7)14)8-3-4-11(2,22-8)6-21-25(19,20)23-24(16,17)18/h3-5,8H,6H2,1-2H3,(H,19,20)(H,12,14,15)(H2,16,17,18)/t8-,11+/m1/s1. The van der Waals surface area contributed by atoms with Crippen molar-refractivity contribution in [1.29, 1.82) is 0 Å². The lowest BCUT2D eigenvalue weighted by molar-refractivity contribution is -0.0717. The van der Waals surface area contributed by atoms with Crippen LogP contribution < -0.4 is 11.2 Å². The van der Waals surface area contributed by atoms with Crippen LogP contribution in [-0.2, 0) is 22.7 Å². The lowest BCUT2D eigenvalue weighted by Crippen LogP contribution is -2.36. The number of phosphoric ester groups is 1. The Morgan fingerprint density at radius 1 is 1.36 bits per heavy atom. The minimum atomic E-state index is -5.22. The summed E-state index contributed by atoms with van der Waals surface area (Å²) in [6, 6.07) is 0. The van der Waals surface area contributed by atoms with Crippen molar-refractivity contribution in [2.24, 2.45) is 0 Å². The van der Waals surface area contributed by atoms with E-state index in [1.165, 1.54) is 32.2 Å². The van der Waals surface area contributed by atoms with Gasteiger partial charge in [0.15, 0.2) is 6.23 Å². The van der Waals surface area contributed by atoms with E-state index in [2.05, 4.69) is 13.8 Å². The summed E-state index contributed by atoms with van der Waals surface area (Å²) in [6.45, 7) is 2.35. The van der Waals surface area contributed by atoms with Gasteiger partial charge < -0.3 is 19.4 Å². The van der Waals surface area contributed by atoms with E-state index in [0.717, 1.165) is 4.57 Å². The second-order valence-corrected chi connectivity index (χ2v) is 8.30. The van der Waals surface area contributed by atoms with Crippen molar-refractivity contribution in [2.75, 3.05) is 6.61 Å². The first-order chi connectivity index (χ1) is 11.3. The molecule has 1 aliphatic heterocycles. The van der Waals surface area contributed by atoms with Gasteiger partial charge in [-0.3, -0.25) is 18.9 Å². The van der Waals surface area contributed by atoms with Crippen molar-refractivity contribution in [3.8, 4) is 0 Å². The van der Waals surface area contributed by atoms with Gasteiger partial charge in [-0.2, -0.15) is 4.31 Å². The van der Waals surface area contributed by atoms with E-state index in [1.54, 1.807) is 0 Å². The first-order valence-electron chi connectivity index (χ1n) is 6.74. The number of aryl methyl sites for hydroxylation is 1. The predicted octanol–water partition coefficient (Wildman–Crippen LogP) is -0.0850. The van der Waals surface area contributed by atoms with Crippen molar-refractivity contribution >= 4 is 15.6 Å². The number of rotatable bonds is 6. The highest BCUT2D eigenvalue weighted by atomic mass is 31.3. The summed E-state index contributed by atoms with van der Waals surface area (Å²) < 4.78 is 36.9. The predicted molar refractivity (Wildman–Crippen MR) is 82.6 cm³/mol. The molecule has 0 bridgehead atoms. The minimum Gasteiger partial charge on any atom is -0.342 e. The minimum absolute atomic E-state index is 0.274. The van der Waals surface area contributed by atoms with E-state index in [1.807, 2.05) is 0 Å². The lowest BCUT2D eigenvalue weighted by Gasteiger charge is -2.25. The molecule has 14 heteroatoms. The van der Waals surface area contributed by atoms with Crippen molar-refractivity contribution in [3.63, 3.8) is 0 Å². The molecule has 0 amide bonds. The Bertz CT molecular complexity index is 899. The van der Waals surface area contributed by atoms with Crippen LogP contribution in [0.1, 0.15) is 18.7 Å². The summed E-state index contributed by atoms with van der Waals surface area (Å²) in [4.78, 5) is 51.7. The fourth-order valence-electron chi connectivity index (χ4n) is 2.01. The monoisotopic (exact) mass is 398 g/mol. The fourth-order valence-corrected chi connectivity index (χ4v) is 3.70. The van der Waals surface area contributed by atoms with Gasteiger partial charge in [-0.15, -0.1) is 0 Å². The summed E-state index contributed by atoms with van der Waals surface area (Å²) in [7, 11) is -10.2. The molecule has 0 saturated heterocycles. The average Bonchev–Trinajstić information content (AvgIpc) is 2.81. The molecule has 0 spiro atoms. The van der Waals surface area contributed by atoms with Crippen LogP contribution >= 0.6 is 15.6 Å². The molecule has 2 heterocycles. The maximum atomic E-state index is 11.8. The SMILES string of the molecule is Cc1cn([C@H]2C=C[C@@](C)(COP(=O)(O)OP(=O)(O)O)O2)c(=O)[nH]c1=O. The summed E-state index contributed by atoms with van der Waals surface area (Å²) in [5, 5.41) is 0. The molecule has 1 aromatic heterocycles. The Hall–Kier alpha value is -1.36. The summed E-state index contributed by atoms with van der Waals surface area (Å²) in [5.74, 6) is 0. The van der Waals surface area contributed by atoms with E-state index in [4.69, 9.17) is 14.5 Å². The molecule has 4 N–H and O–H groups in total. The maximum absolute atomic E-state index is 11.8. The second kappa shape index (κ2) is 6.75. The third-order valence-corrected chi connectivity index (χ3v) is 5.28. The molecule has 1 unspecified atom stereocenters. The molecule has 0 saturated carbocycles. The van der Waals surface area contributed by atoms with Gasteiger partial charge in [-0.25, -0.2) is 13.9 Å². The Labute approximate surface area is 140 Å². The zero-order chi connectivity index (χ0) is 19.0. The molecule has 140 valence electrons. The summed E-state index contributed by atoms with van der Waals surface area (Å²) >= 11 is 0. The van der Waals surface area contributed by atoms with Crippen molar-refractivity contribution in [1.82, 2.24) is 9.55 Å². The van der Waals surface area contributed by atoms with Crippen LogP contribution in [0, 0.1) is 6.92 Å². The van der Waals surface area contributed by atoms with Gasteiger partial charge in [0.05, 0.1) is 6.61 Å². The third-order valence-electron chi connectivity index (χ3n) is 3.15. The molecule has 1 aliphatic rings. The highest BCUT2D eigenvalue weighted by molar-refractivity contribution is 7.60. The van der Waals surface area contributed by atoms with Crippen molar-refractivity contribution in [3.05, 3.63) is 44.8 Å². The van der Waals surface area contributed by atoms with Crippen LogP contribution in [-0.4, -0.2) is 36.4 Å². The quantitative estimate of drug-likeness (QED) is 0.374. The normalized spacial score (nSPS) is 25.9. The average molecular weight is 398 g/mol. The number of H-pyrrole nitrogens is 1. The first kappa shape index (κ1) is 20.0. The lowest BCUT2D eigenvalue weighted by atomic mass is 10.1. The number of nitrogens with zero attached hydrogens (tertiary/aromatic N) is 1. The molecule has 12 nitrogen and oxygen atoms in total. The largest absolute Gasteiger partial charge is 0.481 e. The van der Waals surface area contributed by atoms with Crippen LogP contribution in [0.4, 0.5) is 0 Å². The molecule has 25 heavy (non-hydrogen) atoms. The van der Waals surface area contributed by atoms with Gasteiger partial charge >= 0.3 is 21.3 Å². The number of aromatic nitrogens is 2. The number of nitrogens with one attached hydrogen (secondary N) is 1. The van der Waals surface area contributed by atoms with Gasteiger partial charge in [0.1, 0.15) is 5.60 Å². The Morgan fingerprint density at radius 2 is 2.00 bits per heavy atom. The molecule has 0 fully saturated rings. The Balaban J connectivity index is 2.09. The van der Waals surface area contributed by atoms with Crippen LogP contribution in [0.15, 0.2) is 27.9 Å². The number of ether oxygens (including phenoxy) is 1. The number of hydrogen-bond donors (Lipinski definition) is 4. The zero-order valence-corrected chi connectivity index (χ0v) is 14.8. The van der Waals surface area contributed by atoms with Crippen LogP contribution in [0.25, 0.3) is 0 Å². The molecule has 3 atom stereocenters. The second-order valence-electron chi connectivity index (χ2n) is 5.47. The number of hydrogen-bond acceptors (Lipinski definition) is 7.